The van der Waals surface area contributed by atoms with E-state index >= 15 is 0 Å². The van der Waals surface area contributed by atoms with Gasteiger partial charge in [0, 0.05) is 23.0 Å². The quantitative estimate of drug-likeness (QED) is 0.665. The van der Waals surface area contributed by atoms with Gasteiger partial charge in [-0.1, -0.05) is 0 Å². The standard InChI is InChI=1S/C8H11N3OS/c9-7(8(10)12)5-13-6-1-3-11-4-2-6/h1-4,7H,5,9H2,(H2,10,12). The number of pyridine rings is 1. The molecule has 1 heterocycles. The van der Waals surface area contributed by atoms with Crippen LogP contribution in [0.25, 0.3) is 0 Å². The number of carbonyl (C=O) groups excluding carboxylic acids is 1. The predicted molar refractivity (Wildman–Crippen MR) is 52.1 cm³/mol. The fraction of sp³-hybridized carbons (Fsp3) is 0.250. The molecule has 0 saturated heterocycles. The van der Waals surface area contributed by atoms with E-state index in [4.69, 9.17) is 11.5 Å². The van der Waals surface area contributed by atoms with Crippen LogP contribution in [0, 0.1) is 0 Å². The van der Waals surface area contributed by atoms with Crippen molar-refractivity contribution in [3.63, 3.8) is 0 Å². The molecule has 0 bridgehead atoms. The molecule has 5 heteroatoms. The summed E-state index contributed by atoms with van der Waals surface area (Å²) in [6.07, 6.45) is 3.39. The monoisotopic (exact) mass is 197 g/mol. The van der Waals surface area contributed by atoms with Gasteiger partial charge in [0.15, 0.2) is 0 Å². The molecule has 4 nitrogen and oxygen atoms in total. The van der Waals surface area contributed by atoms with E-state index < -0.39 is 11.9 Å². The Morgan fingerprint density at radius 1 is 1.54 bits per heavy atom. The summed E-state index contributed by atoms with van der Waals surface area (Å²) >= 11 is 1.49. The minimum atomic E-state index is -0.585. The Bertz CT molecular complexity index is 278. The second kappa shape index (κ2) is 4.84. The van der Waals surface area contributed by atoms with Crippen molar-refractivity contribution in [2.75, 3.05) is 5.75 Å². The highest BCUT2D eigenvalue weighted by atomic mass is 32.2. The number of primary amides is 1. The largest absolute Gasteiger partial charge is 0.368 e. The van der Waals surface area contributed by atoms with Gasteiger partial charge >= 0.3 is 0 Å². The summed E-state index contributed by atoms with van der Waals surface area (Å²) in [5.74, 6) is 0.0286. The number of carbonyl (C=O) groups is 1. The van der Waals surface area contributed by atoms with Crippen molar-refractivity contribution < 1.29 is 4.79 Å². The number of hydrogen-bond donors (Lipinski definition) is 2. The van der Waals surface area contributed by atoms with Gasteiger partial charge in [-0.2, -0.15) is 0 Å². The Morgan fingerprint density at radius 3 is 2.69 bits per heavy atom. The second-order valence-corrected chi connectivity index (χ2v) is 3.60. The van der Waals surface area contributed by atoms with Crippen LogP contribution in [0.15, 0.2) is 29.4 Å². The smallest absolute Gasteiger partial charge is 0.235 e. The average molecular weight is 197 g/mol. The highest BCUT2D eigenvalue weighted by Crippen LogP contribution is 2.16. The third-order valence-electron chi connectivity index (χ3n) is 1.44. The number of rotatable bonds is 4. The normalized spacial score (nSPS) is 12.4. The Balaban J connectivity index is 2.39. The SMILES string of the molecule is NC(=O)C(N)CSc1ccncc1. The first-order valence-corrected chi connectivity index (χ1v) is 4.76. The molecule has 0 aliphatic heterocycles. The first-order chi connectivity index (χ1) is 6.20. The zero-order valence-corrected chi connectivity index (χ0v) is 7.83. The molecule has 4 N–H and O–H groups in total. The zero-order chi connectivity index (χ0) is 9.68. The molecular weight excluding hydrogens is 186 g/mol. The lowest BCUT2D eigenvalue weighted by molar-refractivity contribution is -0.118. The van der Waals surface area contributed by atoms with Gasteiger partial charge in [0.05, 0.1) is 6.04 Å². The Labute approximate surface area is 80.7 Å². The average Bonchev–Trinajstić information content (AvgIpc) is 2.15. The van der Waals surface area contributed by atoms with Crippen molar-refractivity contribution in [3.05, 3.63) is 24.5 Å². The van der Waals surface area contributed by atoms with Gasteiger partial charge in [0.1, 0.15) is 0 Å². The fourth-order valence-corrected chi connectivity index (χ4v) is 1.55. The van der Waals surface area contributed by atoms with E-state index in [2.05, 4.69) is 4.98 Å². The predicted octanol–water partition coefficient (Wildman–Crippen LogP) is -0.0137. The van der Waals surface area contributed by atoms with Crippen molar-refractivity contribution in [1.82, 2.24) is 4.98 Å². The van der Waals surface area contributed by atoms with Gasteiger partial charge < -0.3 is 11.5 Å². The van der Waals surface area contributed by atoms with E-state index in [1.54, 1.807) is 12.4 Å². The first-order valence-electron chi connectivity index (χ1n) is 3.78. The van der Waals surface area contributed by atoms with Gasteiger partial charge in [0.25, 0.3) is 0 Å². The van der Waals surface area contributed by atoms with Crippen molar-refractivity contribution in [3.8, 4) is 0 Å². The minimum Gasteiger partial charge on any atom is -0.368 e. The second-order valence-electron chi connectivity index (χ2n) is 2.50. The van der Waals surface area contributed by atoms with E-state index in [1.807, 2.05) is 12.1 Å². The van der Waals surface area contributed by atoms with Crippen LogP contribution in [0.4, 0.5) is 0 Å². The van der Waals surface area contributed by atoms with Crippen molar-refractivity contribution in [2.45, 2.75) is 10.9 Å². The third-order valence-corrected chi connectivity index (χ3v) is 2.58. The van der Waals surface area contributed by atoms with E-state index in [1.165, 1.54) is 11.8 Å². The van der Waals surface area contributed by atoms with E-state index in [0.29, 0.717) is 5.75 Å². The maximum Gasteiger partial charge on any atom is 0.235 e. The molecule has 0 radical (unpaired) electrons. The van der Waals surface area contributed by atoms with Crippen LogP contribution in [0.3, 0.4) is 0 Å². The van der Waals surface area contributed by atoms with Gasteiger partial charge in [-0.25, -0.2) is 0 Å². The number of nitrogens with two attached hydrogens (primary N) is 2. The molecule has 1 atom stereocenters. The number of aromatic nitrogens is 1. The summed E-state index contributed by atoms with van der Waals surface area (Å²) in [5.41, 5.74) is 10.5. The van der Waals surface area contributed by atoms with Crippen LogP contribution in [-0.4, -0.2) is 22.7 Å². The number of amides is 1. The molecule has 0 aromatic carbocycles. The highest BCUT2D eigenvalue weighted by molar-refractivity contribution is 7.99. The van der Waals surface area contributed by atoms with Gasteiger partial charge in [-0.3, -0.25) is 9.78 Å². The molecule has 0 aliphatic rings. The summed E-state index contributed by atoms with van der Waals surface area (Å²) in [5, 5.41) is 0. The zero-order valence-electron chi connectivity index (χ0n) is 7.01. The molecule has 0 fully saturated rings. The third kappa shape index (κ3) is 3.43. The van der Waals surface area contributed by atoms with Crippen molar-refractivity contribution >= 4 is 17.7 Å². The van der Waals surface area contributed by atoms with Crippen LogP contribution in [-0.2, 0) is 4.79 Å². The highest BCUT2D eigenvalue weighted by Gasteiger charge is 2.08. The maximum absolute atomic E-state index is 10.6. The number of thioether (sulfide) groups is 1. The Hall–Kier alpha value is -1.07. The lowest BCUT2D eigenvalue weighted by Gasteiger charge is -2.05. The lowest BCUT2D eigenvalue weighted by Crippen LogP contribution is -2.38. The molecule has 0 aliphatic carbocycles. The topological polar surface area (TPSA) is 82.0 Å². The summed E-state index contributed by atoms with van der Waals surface area (Å²) < 4.78 is 0. The van der Waals surface area contributed by atoms with Gasteiger partial charge in [-0.15, -0.1) is 11.8 Å². The lowest BCUT2D eigenvalue weighted by atomic mass is 10.3. The van der Waals surface area contributed by atoms with Crippen molar-refractivity contribution in [1.29, 1.82) is 0 Å². The summed E-state index contributed by atoms with van der Waals surface area (Å²) in [6.45, 7) is 0. The molecule has 1 aromatic rings. The molecule has 0 saturated carbocycles. The summed E-state index contributed by atoms with van der Waals surface area (Å²) in [7, 11) is 0. The van der Waals surface area contributed by atoms with Crippen molar-refractivity contribution in [2.24, 2.45) is 11.5 Å². The van der Waals surface area contributed by atoms with E-state index in [0.717, 1.165) is 4.90 Å². The molecule has 0 spiro atoms. The Morgan fingerprint density at radius 2 is 2.15 bits per heavy atom. The molecule has 1 aromatic heterocycles. The molecule has 13 heavy (non-hydrogen) atoms. The van der Waals surface area contributed by atoms with Crippen LogP contribution in [0.5, 0.6) is 0 Å². The molecule has 1 rings (SSSR count). The first kappa shape index (κ1) is 10.0. The minimum absolute atomic E-state index is 0.471. The van der Waals surface area contributed by atoms with E-state index in [9.17, 15) is 4.79 Å². The summed E-state index contributed by atoms with van der Waals surface area (Å²) in [6, 6.07) is 3.13. The van der Waals surface area contributed by atoms with Gasteiger partial charge in [-0.05, 0) is 12.1 Å². The fourth-order valence-electron chi connectivity index (χ4n) is 0.703. The van der Waals surface area contributed by atoms with Gasteiger partial charge in [0.2, 0.25) is 5.91 Å². The van der Waals surface area contributed by atoms with Crippen LogP contribution < -0.4 is 11.5 Å². The number of hydrogen-bond acceptors (Lipinski definition) is 4. The van der Waals surface area contributed by atoms with Crippen LogP contribution >= 0.6 is 11.8 Å². The van der Waals surface area contributed by atoms with Crippen LogP contribution in [0.2, 0.25) is 0 Å². The number of nitrogens with zero attached hydrogens (tertiary/aromatic N) is 1. The summed E-state index contributed by atoms with van der Waals surface area (Å²) in [4.78, 5) is 15.5. The molecule has 1 unspecified atom stereocenters. The molecule has 1 amide bonds. The maximum atomic E-state index is 10.6. The molecular formula is C8H11N3OS. The van der Waals surface area contributed by atoms with Crippen LogP contribution in [0.1, 0.15) is 0 Å². The Kier molecular flexibility index (Phi) is 3.72. The molecule has 70 valence electrons. The van der Waals surface area contributed by atoms with E-state index in [-0.39, 0.29) is 0 Å².